The van der Waals surface area contributed by atoms with Gasteiger partial charge < -0.3 is 4.74 Å². The van der Waals surface area contributed by atoms with Crippen molar-refractivity contribution in [3.63, 3.8) is 0 Å². The number of benzene rings is 3. The van der Waals surface area contributed by atoms with E-state index in [2.05, 4.69) is 0 Å². The van der Waals surface area contributed by atoms with Crippen LogP contribution in [0.2, 0.25) is 0 Å². The fraction of sp³-hybridized carbons (Fsp3) is 0.0500. The van der Waals surface area contributed by atoms with Crippen LogP contribution in [0.15, 0.2) is 72.8 Å². The molecule has 0 atom stereocenters. The summed E-state index contributed by atoms with van der Waals surface area (Å²) in [7, 11) is 0. The molecule has 0 aromatic heterocycles. The van der Waals surface area contributed by atoms with Gasteiger partial charge in [-0.15, -0.1) is 0 Å². The van der Waals surface area contributed by atoms with Gasteiger partial charge in [0, 0.05) is 6.08 Å². The maximum absolute atomic E-state index is 13.1. The number of carbonyl (C=O) groups excluding carboxylic acids is 1. The van der Waals surface area contributed by atoms with Crippen LogP contribution in [0.25, 0.3) is 16.8 Å². The van der Waals surface area contributed by atoms with Crippen LogP contribution < -0.4 is 0 Å². The summed E-state index contributed by atoms with van der Waals surface area (Å²) in [5.41, 5.74) is 1.57. The van der Waals surface area contributed by atoms with Gasteiger partial charge in [-0.25, -0.2) is 9.18 Å². The van der Waals surface area contributed by atoms with Gasteiger partial charge in [0.2, 0.25) is 0 Å². The van der Waals surface area contributed by atoms with E-state index in [-0.39, 0.29) is 12.4 Å². The highest BCUT2D eigenvalue weighted by molar-refractivity contribution is 5.88. The molecule has 0 aliphatic heterocycles. The van der Waals surface area contributed by atoms with E-state index in [1.54, 1.807) is 12.1 Å². The van der Waals surface area contributed by atoms with Crippen LogP contribution in [0.3, 0.4) is 0 Å². The summed E-state index contributed by atoms with van der Waals surface area (Å²) in [5.74, 6) is -0.793. The van der Waals surface area contributed by atoms with E-state index in [1.165, 1.54) is 24.3 Å². The Hall–Kier alpha value is -2.94. The van der Waals surface area contributed by atoms with Gasteiger partial charge in [0.15, 0.2) is 0 Å². The normalized spacial score (nSPS) is 11.0. The maximum Gasteiger partial charge on any atom is 0.331 e. The number of fused-ring (bicyclic) bond motifs is 1. The smallest absolute Gasteiger partial charge is 0.331 e. The highest BCUT2D eigenvalue weighted by atomic mass is 19.1. The first kappa shape index (κ1) is 15.0. The molecule has 0 fully saturated rings. The van der Waals surface area contributed by atoms with E-state index in [0.717, 1.165) is 16.3 Å². The fourth-order valence-corrected chi connectivity index (χ4v) is 2.39. The molecule has 0 radical (unpaired) electrons. The van der Waals surface area contributed by atoms with E-state index in [9.17, 15) is 9.18 Å². The molecule has 0 unspecified atom stereocenters. The molecular weight excluding hydrogens is 291 g/mol. The minimum atomic E-state index is -0.456. The van der Waals surface area contributed by atoms with E-state index in [0.29, 0.717) is 5.56 Å². The minimum Gasteiger partial charge on any atom is -0.458 e. The van der Waals surface area contributed by atoms with Gasteiger partial charge >= 0.3 is 5.97 Å². The lowest BCUT2D eigenvalue weighted by molar-refractivity contribution is -0.138. The lowest BCUT2D eigenvalue weighted by Crippen LogP contribution is -2.01. The third kappa shape index (κ3) is 3.83. The Bertz CT molecular complexity index is 863. The van der Waals surface area contributed by atoms with Crippen LogP contribution in [0.1, 0.15) is 11.1 Å². The fourth-order valence-electron chi connectivity index (χ4n) is 2.39. The summed E-state index contributed by atoms with van der Waals surface area (Å²) < 4.78 is 18.3. The van der Waals surface area contributed by atoms with Crippen LogP contribution >= 0.6 is 0 Å². The second kappa shape index (κ2) is 6.88. The van der Waals surface area contributed by atoms with Crippen molar-refractivity contribution in [2.75, 3.05) is 0 Å². The average molecular weight is 306 g/mol. The van der Waals surface area contributed by atoms with Crippen molar-refractivity contribution < 1.29 is 13.9 Å². The van der Waals surface area contributed by atoms with Crippen molar-refractivity contribution in [2.45, 2.75) is 6.61 Å². The van der Waals surface area contributed by atoms with Crippen LogP contribution in [-0.4, -0.2) is 5.97 Å². The van der Waals surface area contributed by atoms with Crippen LogP contribution in [0.5, 0.6) is 0 Å². The lowest BCUT2D eigenvalue weighted by Gasteiger charge is -2.06. The number of rotatable bonds is 4. The molecule has 0 aliphatic rings. The molecule has 0 spiro atoms. The Morgan fingerprint density at radius 3 is 2.65 bits per heavy atom. The maximum atomic E-state index is 13.1. The Kier molecular flexibility index (Phi) is 4.48. The molecular formula is C20H15FO2. The predicted octanol–water partition coefficient (Wildman–Crippen LogP) is 4.74. The molecule has 2 nitrogen and oxygen atoms in total. The molecule has 0 heterocycles. The van der Waals surface area contributed by atoms with Gasteiger partial charge in [-0.05, 0) is 40.1 Å². The number of carbonyl (C=O) groups is 1. The van der Waals surface area contributed by atoms with Gasteiger partial charge in [-0.2, -0.15) is 0 Å². The Balaban J connectivity index is 1.67. The van der Waals surface area contributed by atoms with Crippen LogP contribution in [-0.2, 0) is 16.1 Å². The van der Waals surface area contributed by atoms with Crippen molar-refractivity contribution in [3.05, 3.63) is 89.8 Å². The highest BCUT2D eigenvalue weighted by Crippen LogP contribution is 2.19. The number of hydrogen-bond donors (Lipinski definition) is 0. The number of esters is 1. The molecule has 3 rings (SSSR count). The SMILES string of the molecule is O=C(C=Cc1cccc(F)c1)OCc1cccc2ccccc12. The van der Waals surface area contributed by atoms with Crippen molar-refractivity contribution in [2.24, 2.45) is 0 Å². The molecule has 0 bridgehead atoms. The Morgan fingerprint density at radius 2 is 1.78 bits per heavy atom. The third-order valence-corrected chi connectivity index (χ3v) is 3.51. The first-order valence-electron chi connectivity index (χ1n) is 7.29. The second-order valence-electron chi connectivity index (χ2n) is 5.13. The van der Waals surface area contributed by atoms with Crippen molar-refractivity contribution in [1.29, 1.82) is 0 Å². The summed E-state index contributed by atoms with van der Waals surface area (Å²) in [6.07, 6.45) is 2.84. The zero-order valence-electron chi connectivity index (χ0n) is 12.4. The zero-order chi connectivity index (χ0) is 16.1. The monoisotopic (exact) mass is 306 g/mol. The Labute approximate surface area is 133 Å². The first-order valence-corrected chi connectivity index (χ1v) is 7.29. The van der Waals surface area contributed by atoms with Crippen LogP contribution in [0.4, 0.5) is 4.39 Å². The molecule has 3 aromatic rings. The molecule has 0 amide bonds. The summed E-state index contributed by atoms with van der Waals surface area (Å²) >= 11 is 0. The predicted molar refractivity (Wildman–Crippen MR) is 89.2 cm³/mol. The molecule has 0 saturated heterocycles. The molecule has 114 valence electrons. The standard InChI is InChI=1S/C20H15FO2/c21-18-9-3-5-15(13-18)11-12-20(22)23-14-17-8-4-7-16-6-1-2-10-19(16)17/h1-13H,14H2. The topological polar surface area (TPSA) is 26.3 Å². The molecule has 0 aliphatic carbocycles. The lowest BCUT2D eigenvalue weighted by atomic mass is 10.1. The highest BCUT2D eigenvalue weighted by Gasteiger charge is 2.03. The molecule has 3 aromatic carbocycles. The van der Waals surface area contributed by atoms with E-state index >= 15 is 0 Å². The minimum absolute atomic E-state index is 0.202. The van der Waals surface area contributed by atoms with Crippen molar-refractivity contribution in [3.8, 4) is 0 Å². The van der Waals surface area contributed by atoms with Crippen LogP contribution in [0, 0.1) is 5.82 Å². The van der Waals surface area contributed by atoms with E-state index in [1.807, 2.05) is 42.5 Å². The second-order valence-corrected chi connectivity index (χ2v) is 5.13. The van der Waals surface area contributed by atoms with E-state index in [4.69, 9.17) is 4.74 Å². The number of hydrogen-bond acceptors (Lipinski definition) is 2. The third-order valence-electron chi connectivity index (χ3n) is 3.51. The van der Waals surface area contributed by atoms with Gasteiger partial charge in [0.25, 0.3) is 0 Å². The number of ether oxygens (including phenoxy) is 1. The average Bonchev–Trinajstić information content (AvgIpc) is 2.58. The molecule has 0 N–H and O–H groups in total. The summed E-state index contributed by atoms with van der Waals surface area (Å²) in [5, 5.41) is 2.17. The van der Waals surface area contributed by atoms with Gasteiger partial charge in [-0.1, -0.05) is 54.6 Å². The van der Waals surface area contributed by atoms with Gasteiger partial charge in [0.05, 0.1) is 0 Å². The summed E-state index contributed by atoms with van der Waals surface area (Å²) in [6.45, 7) is 0.202. The zero-order valence-corrected chi connectivity index (χ0v) is 12.4. The largest absolute Gasteiger partial charge is 0.458 e. The number of halogens is 1. The Morgan fingerprint density at radius 1 is 1.00 bits per heavy atom. The van der Waals surface area contributed by atoms with Gasteiger partial charge in [-0.3, -0.25) is 0 Å². The van der Waals surface area contributed by atoms with Crippen molar-refractivity contribution in [1.82, 2.24) is 0 Å². The molecule has 0 saturated carbocycles. The van der Waals surface area contributed by atoms with Crippen molar-refractivity contribution >= 4 is 22.8 Å². The molecule has 23 heavy (non-hydrogen) atoms. The summed E-state index contributed by atoms with van der Waals surface area (Å²) in [6, 6.07) is 19.9. The van der Waals surface area contributed by atoms with Gasteiger partial charge in [0.1, 0.15) is 12.4 Å². The van der Waals surface area contributed by atoms with E-state index < -0.39 is 5.97 Å². The first-order chi connectivity index (χ1) is 11.2. The molecule has 3 heteroatoms. The summed E-state index contributed by atoms with van der Waals surface area (Å²) in [4.78, 5) is 11.8. The quantitative estimate of drug-likeness (QED) is 0.514.